The van der Waals surface area contributed by atoms with Crippen LogP contribution in [0.15, 0.2) is 72.1 Å². The van der Waals surface area contributed by atoms with Crippen LogP contribution in [0.1, 0.15) is 41.8 Å². The number of nitrogens with zero attached hydrogens (tertiary/aromatic N) is 1. The second-order valence-corrected chi connectivity index (χ2v) is 8.61. The molecule has 0 saturated heterocycles. The summed E-state index contributed by atoms with van der Waals surface area (Å²) in [5, 5.41) is 5.00. The van der Waals surface area contributed by atoms with E-state index in [1.54, 1.807) is 23.3 Å². The van der Waals surface area contributed by atoms with Crippen LogP contribution in [-0.4, -0.2) is 30.4 Å². The lowest BCUT2D eigenvalue weighted by atomic mass is 10.0. The van der Waals surface area contributed by atoms with Gasteiger partial charge in [0.25, 0.3) is 0 Å². The Morgan fingerprint density at radius 1 is 1.03 bits per heavy atom. The van der Waals surface area contributed by atoms with Gasteiger partial charge in [-0.2, -0.15) is 0 Å². The summed E-state index contributed by atoms with van der Waals surface area (Å²) in [6.45, 7) is 3.01. The molecular weight excluding hydrogens is 420 g/mol. The molecule has 1 atom stereocenters. The summed E-state index contributed by atoms with van der Waals surface area (Å²) in [5.74, 6) is 0.559. The van der Waals surface area contributed by atoms with E-state index in [0.29, 0.717) is 19.5 Å². The van der Waals surface area contributed by atoms with E-state index in [-0.39, 0.29) is 11.8 Å². The zero-order valence-corrected chi connectivity index (χ0v) is 19.4. The summed E-state index contributed by atoms with van der Waals surface area (Å²) in [6.07, 6.45) is 2.08. The number of hydrogen-bond donors (Lipinski definition) is 1. The first-order valence-corrected chi connectivity index (χ1v) is 11.8. The number of hydrogen-bond acceptors (Lipinski definition) is 4. The van der Waals surface area contributed by atoms with E-state index in [9.17, 15) is 9.59 Å². The molecule has 1 heterocycles. The highest BCUT2D eigenvalue weighted by atomic mass is 32.1. The zero-order valence-electron chi connectivity index (χ0n) is 18.6. The summed E-state index contributed by atoms with van der Waals surface area (Å²) < 4.78 is 5.20. The lowest BCUT2D eigenvalue weighted by Gasteiger charge is -2.31. The number of unbranched alkanes of at least 4 members (excludes halogenated alkanes) is 1. The van der Waals surface area contributed by atoms with Gasteiger partial charge in [0.15, 0.2) is 0 Å². The van der Waals surface area contributed by atoms with Crippen LogP contribution < -0.4 is 10.1 Å². The quantitative estimate of drug-likeness (QED) is 0.448. The molecule has 1 aromatic heterocycles. The van der Waals surface area contributed by atoms with Crippen molar-refractivity contribution in [1.82, 2.24) is 10.2 Å². The minimum atomic E-state index is -0.673. The molecule has 168 valence electrons. The Labute approximate surface area is 194 Å². The molecule has 0 saturated carbocycles. The largest absolute Gasteiger partial charge is 0.497 e. The third-order valence-corrected chi connectivity index (χ3v) is 6.16. The first kappa shape index (κ1) is 23.5. The van der Waals surface area contributed by atoms with E-state index in [4.69, 9.17) is 4.74 Å². The van der Waals surface area contributed by atoms with Gasteiger partial charge in [-0.15, -0.1) is 11.3 Å². The van der Waals surface area contributed by atoms with Crippen molar-refractivity contribution in [2.45, 2.75) is 38.8 Å². The molecule has 0 unspecified atom stereocenters. The van der Waals surface area contributed by atoms with Gasteiger partial charge >= 0.3 is 0 Å². The molecule has 0 bridgehead atoms. The van der Waals surface area contributed by atoms with E-state index in [1.807, 2.05) is 72.1 Å². The molecule has 0 spiro atoms. The molecule has 3 rings (SSSR count). The predicted octanol–water partition coefficient (Wildman–Crippen LogP) is 4.99. The third kappa shape index (κ3) is 6.44. The lowest BCUT2D eigenvalue weighted by Crippen LogP contribution is -2.44. The molecule has 3 aromatic rings. The standard InChI is InChI=1S/C26H30N2O3S/c1-3-4-16-28(24(29)18-23-11-8-17-32-23)25(21-9-6-5-7-10-21)26(30)27-19-20-12-14-22(31-2)15-13-20/h5-15,17,25H,3-4,16,18-19H2,1-2H3,(H,27,30)/t25-/m1/s1. The van der Waals surface area contributed by atoms with Crippen LogP contribution in [-0.2, 0) is 22.6 Å². The SMILES string of the molecule is CCCCN(C(=O)Cc1cccs1)[C@@H](C(=O)NCc1ccc(OC)cc1)c1ccccc1. The summed E-state index contributed by atoms with van der Waals surface area (Å²) in [6, 6.07) is 20.4. The van der Waals surface area contributed by atoms with Gasteiger partial charge in [0.1, 0.15) is 11.8 Å². The van der Waals surface area contributed by atoms with Crippen molar-refractivity contribution >= 4 is 23.2 Å². The van der Waals surface area contributed by atoms with E-state index in [2.05, 4.69) is 12.2 Å². The van der Waals surface area contributed by atoms with Gasteiger partial charge in [-0.3, -0.25) is 9.59 Å². The molecule has 32 heavy (non-hydrogen) atoms. The van der Waals surface area contributed by atoms with Gasteiger partial charge in [0.2, 0.25) is 11.8 Å². The van der Waals surface area contributed by atoms with Crippen LogP contribution in [0.25, 0.3) is 0 Å². The highest BCUT2D eigenvalue weighted by molar-refractivity contribution is 7.10. The number of thiophene rings is 1. The lowest BCUT2D eigenvalue weighted by molar-refractivity contribution is -0.140. The van der Waals surface area contributed by atoms with Gasteiger partial charge in [0.05, 0.1) is 13.5 Å². The Bertz CT molecular complexity index is 972. The van der Waals surface area contributed by atoms with Crippen molar-refractivity contribution in [3.05, 3.63) is 88.1 Å². The molecule has 2 amide bonds. The number of rotatable bonds is 11. The maximum absolute atomic E-state index is 13.4. The van der Waals surface area contributed by atoms with Crippen LogP contribution in [0.3, 0.4) is 0 Å². The van der Waals surface area contributed by atoms with Gasteiger partial charge in [0, 0.05) is 18.0 Å². The molecule has 6 heteroatoms. The summed E-state index contributed by atoms with van der Waals surface area (Å²) in [5.41, 5.74) is 1.78. The highest BCUT2D eigenvalue weighted by Crippen LogP contribution is 2.24. The highest BCUT2D eigenvalue weighted by Gasteiger charge is 2.31. The number of benzene rings is 2. The van der Waals surface area contributed by atoms with Crippen molar-refractivity contribution in [1.29, 1.82) is 0 Å². The van der Waals surface area contributed by atoms with Crippen LogP contribution in [0.4, 0.5) is 0 Å². The second kappa shape index (κ2) is 12.1. The fourth-order valence-electron chi connectivity index (χ4n) is 3.53. The van der Waals surface area contributed by atoms with Crippen LogP contribution in [0, 0.1) is 0 Å². The molecule has 0 aliphatic heterocycles. The van der Waals surface area contributed by atoms with E-state index in [1.165, 1.54) is 0 Å². The minimum absolute atomic E-state index is 0.0330. The van der Waals surface area contributed by atoms with Crippen LogP contribution in [0.2, 0.25) is 0 Å². The minimum Gasteiger partial charge on any atom is -0.497 e. The van der Waals surface area contributed by atoms with Crippen molar-refractivity contribution in [2.24, 2.45) is 0 Å². The fraction of sp³-hybridized carbons (Fsp3) is 0.308. The average molecular weight is 451 g/mol. The number of carbonyl (C=O) groups is 2. The molecule has 0 fully saturated rings. The number of nitrogens with one attached hydrogen (secondary N) is 1. The monoisotopic (exact) mass is 450 g/mol. The second-order valence-electron chi connectivity index (χ2n) is 7.58. The molecular formula is C26H30N2O3S. The Morgan fingerprint density at radius 2 is 1.78 bits per heavy atom. The van der Waals surface area contributed by atoms with Gasteiger partial charge in [-0.25, -0.2) is 0 Å². The number of amides is 2. The topological polar surface area (TPSA) is 58.6 Å². The fourth-order valence-corrected chi connectivity index (χ4v) is 4.22. The van der Waals surface area contributed by atoms with Crippen molar-refractivity contribution in [2.75, 3.05) is 13.7 Å². The molecule has 0 radical (unpaired) electrons. The first-order chi connectivity index (χ1) is 15.6. The van der Waals surface area contributed by atoms with E-state index in [0.717, 1.165) is 34.6 Å². The number of carbonyl (C=O) groups excluding carboxylic acids is 2. The summed E-state index contributed by atoms with van der Waals surface area (Å²) in [7, 11) is 1.62. The molecule has 2 aromatic carbocycles. The van der Waals surface area contributed by atoms with Crippen molar-refractivity contribution < 1.29 is 14.3 Å². The molecule has 5 nitrogen and oxygen atoms in total. The Morgan fingerprint density at radius 3 is 2.41 bits per heavy atom. The summed E-state index contributed by atoms with van der Waals surface area (Å²) >= 11 is 1.56. The maximum atomic E-state index is 13.4. The number of methoxy groups -OCH3 is 1. The smallest absolute Gasteiger partial charge is 0.247 e. The first-order valence-electron chi connectivity index (χ1n) is 10.9. The van der Waals surface area contributed by atoms with Gasteiger partial charge < -0.3 is 15.0 Å². The zero-order chi connectivity index (χ0) is 22.8. The van der Waals surface area contributed by atoms with Gasteiger partial charge in [-0.1, -0.05) is 61.9 Å². The summed E-state index contributed by atoms with van der Waals surface area (Å²) in [4.78, 5) is 29.5. The molecule has 0 aliphatic carbocycles. The van der Waals surface area contributed by atoms with Crippen molar-refractivity contribution in [3.8, 4) is 5.75 Å². The maximum Gasteiger partial charge on any atom is 0.247 e. The van der Waals surface area contributed by atoms with Gasteiger partial charge in [-0.05, 0) is 41.1 Å². The third-order valence-electron chi connectivity index (χ3n) is 5.28. The van der Waals surface area contributed by atoms with Crippen LogP contribution in [0.5, 0.6) is 5.75 Å². The van der Waals surface area contributed by atoms with Crippen molar-refractivity contribution in [3.63, 3.8) is 0 Å². The number of ether oxygens (including phenoxy) is 1. The predicted molar refractivity (Wildman–Crippen MR) is 129 cm³/mol. The Kier molecular flexibility index (Phi) is 8.87. The Hall–Kier alpha value is -3.12. The Balaban J connectivity index is 1.82. The van der Waals surface area contributed by atoms with E-state index >= 15 is 0 Å². The average Bonchev–Trinajstić information content (AvgIpc) is 3.34. The normalized spacial score (nSPS) is 11.6. The van der Waals surface area contributed by atoms with E-state index < -0.39 is 6.04 Å². The molecule has 0 aliphatic rings. The molecule has 1 N–H and O–H groups in total. The van der Waals surface area contributed by atoms with Crippen LogP contribution >= 0.6 is 11.3 Å².